The van der Waals surface area contributed by atoms with Crippen molar-refractivity contribution in [3.8, 4) is 0 Å². The van der Waals surface area contributed by atoms with E-state index in [0.717, 1.165) is 19.5 Å². The average Bonchev–Trinajstić information content (AvgIpc) is 2.65. The Bertz CT molecular complexity index is 608. The summed E-state index contributed by atoms with van der Waals surface area (Å²) in [6.45, 7) is 17.8. The van der Waals surface area contributed by atoms with Crippen molar-refractivity contribution in [1.29, 1.82) is 1.43 Å². The van der Waals surface area contributed by atoms with Crippen molar-refractivity contribution < 1.29 is 30.8 Å². The van der Waals surface area contributed by atoms with Gasteiger partial charge >= 0.3 is 34.5 Å². The summed E-state index contributed by atoms with van der Waals surface area (Å²) in [4.78, 5) is 18.6. The maximum atomic E-state index is 11.6. The molecule has 2 unspecified atom stereocenters. The second kappa shape index (κ2) is 13.3. The lowest BCUT2D eigenvalue weighted by molar-refractivity contribution is 0.0375. The van der Waals surface area contributed by atoms with Crippen molar-refractivity contribution in [3.05, 3.63) is 0 Å². The zero-order valence-corrected chi connectivity index (χ0v) is 26.6. The van der Waals surface area contributed by atoms with E-state index in [-0.39, 0.29) is 6.17 Å². The predicted octanol–water partition coefficient (Wildman–Crippen LogP) is 0.132. The van der Waals surface area contributed by atoms with Crippen LogP contribution in [0, 0.1) is 0 Å². The summed E-state index contributed by atoms with van der Waals surface area (Å²) in [7, 11) is -8.52. The first kappa shape index (κ1) is 30.0. The monoisotopic (exact) mass is 556 g/mol. The highest BCUT2D eigenvalue weighted by molar-refractivity contribution is 7.14. The number of hydrogen-bond acceptors (Lipinski definition) is 10. The summed E-state index contributed by atoms with van der Waals surface area (Å²) in [5, 5.41) is 3.29. The largest absolute Gasteiger partial charge is 0.493 e. The number of nitrogens with zero attached hydrogens (tertiary/aromatic N) is 1. The molecule has 1 aliphatic rings. The Balaban J connectivity index is 3.01. The fraction of sp³-hybridized carbons (Fsp3) is 1.00. The lowest BCUT2D eigenvalue weighted by Crippen LogP contribution is -2.65. The highest BCUT2D eigenvalue weighted by Crippen LogP contribution is 2.28. The van der Waals surface area contributed by atoms with E-state index in [1.807, 2.05) is 45.8 Å². The summed E-state index contributed by atoms with van der Waals surface area (Å²) in [6.07, 6.45) is 1.10. The molecular formula is C17H46BN3O7Si5. The van der Waals surface area contributed by atoms with E-state index in [1.165, 1.54) is 0 Å². The second-order valence-corrected chi connectivity index (χ2v) is 26.8. The van der Waals surface area contributed by atoms with Crippen LogP contribution in [-0.4, -0.2) is 118 Å². The van der Waals surface area contributed by atoms with Gasteiger partial charge in [0.05, 0.1) is 26.8 Å². The van der Waals surface area contributed by atoms with Gasteiger partial charge in [0.25, 0.3) is 0 Å². The van der Waals surface area contributed by atoms with Crippen LogP contribution >= 0.6 is 0 Å². The third-order valence-electron chi connectivity index (χ3n) is 4.58. The van der Waals surface area contributed by atoms with E-state index in [4.69, 9.17) is 40.6 Å². The number of nitrogens with one attached hydrogen (secondary N) is 1. The molecule has 0 spiro atoms. The molecule has 2 radical (unpaired) electrons. The molecule has 10 nitrogen and oxygen atoms in total. The Labute approximate surface area is 208 Å². The van der Waals surface area contributed by atoms with Gasteiger partial charge in [0.2, 0.25) is 0 Å². The molecule has 33 heavy (non-hydrogen) atoms. The first-order valence-corrected chi connectivity index (χ1v) is 24.8. The summed E-state index contributed by atoms with van der Waals surface area (Å²) < 4.78 is 38.4. The molecule has 0 aromatic carbocycles. The third kappa shape index (κ3) is 14.8. The van der Waals surface area contributed by atoms with Gasteiger partial charge < -0.3 is 41.8 Å². The standard InChI is InChI=1S/C17H46BN3O7Si5/c1-29(2,18)25-33(23,17-21-12-14-24-15-13-21)28-31(5,6)27-32(7,26-30(3,4)22)16-8-10-20-11-9-19/h20,22-23H,8-17,19H2,1-7H3/i22D. The minimum Gasteiger partial charge on any atom is -0.424 e. The van der Waals surface area contributed by atoms with Gasteiger partial charge in [0, 0.05) is 26.2 Å². The maximum Gasteiger partial charge on any atom is 0.493 e. The van der Waals surface area contributed by atoms with Crippen molar-refractivity contribution in [1.82, 2.24) is 10.2 Å². The molecular weight excluding hydrogens is 509 g/mol. The van der Waals surface area contributed by atoms with Crippen LogP contribution in [0.4, 0.5) is 0 Å². The van der Waals surface area contributed by atoms with E-state index in [0.29, 0.717) is 38.9 Å². The lowest BCUT2D eigenvalue weighted by atomic mass is 10.5. The highest BCUT2D eigenvalue weighted by atomic mass is 28.5. The van der Waals surface area contributed by atoms with Crippen molar-refractivity contribution >= 4 is 50.1 Å². The van der Waals surface area contributed by atoms with Crippen molar-refractivity contribution in [2.75, 3.05) is 52.1 Å². The number of morpholine rings is 1. The highest BCUT2D eigenvalue weighted by Gasteiger charge is 2.51. The molecule has 1 fully saturated rings. The minimum absolute atomic E-state index is 0.280. The van der Waals surface area contributed by atoms with Crippen LogP contribution in [0.5, 0.6) is 0 Å². The Morgan fingerprint density at radius 3 is 2.21 bits per heavy atom. The molecule has 0 bridgehead atoms. The summed E-state index contributed by atoms with van der Waals surface area (Å²) in [5.41, 5.74) is 5.56. The summed E-state index contributed by atoms with van der Waals surface area (Å²) in [5.74, 6) is 0. The number of hydrogen-bond donors (Lipinski definition) is 4. The first-order valence-electron chi connectivity index (χ1n) is 12.1. The number of rotatable bonds is 17. The topological polar surface area (TPSA) is 128 Å². The molecule has 5 N–H and O–H groups in total. The molecule has 0 amide bonds. The van der Waals surface area contributed by atoms with Crippen LogP contribution in [0.15, 0.2) is 0 Å². The van der Waals surface area contributed by atoms with Gasteiger partial charge in [-0.3, -0.25) is 4.90 Å². The van der Waals surface area contributed by atoms with Gasteiger partial charge in [-0.2, -0.15) is 0 Å². The first-order chi connectivity index (χ1) is 15.5. The van der Waals surface area contributed by atoms with Crippen LogP contribution in [0.1, 0.15) is 6.42 Å². The molecule has 1 aliphatic heterocycles. The second-order valence-electron chi connectivity index (χ2n) is 10.2. The fourth-order valence-electron chi connectivity index (χ4n) is 3.87. The zero-order chi connectivity index (χ0) is 26.1. The van der Waals surface area contributed by atoms with Gasteiger partial charge in [-0.15, -0.1) is 0 Å². The van der Waals surface area contributed by atoms with Crippen molar-refractivity contribution in [2.45, 2.75) is 58.3 Å². The molecule has 0 saturated carbocycles. The van der Waals surface area contributed by atoms with Gasteiger partial charge in [0.1, 0.15) is 8.19 Å². The third-order valence-corrected chi connectivity index (χ3v) is 20.7. The Morgan fingerprint density at radius 1 is 1.03 bits per heavy atom. The molecule has 2 atom stereocenters. The maximum absolute atomic E-state index is 11.6. The van der Waals surface area contributed by atoms with Gasteiger partial charge in [-0.1, -0.05) is 13.1 Å². The Morgan fingerprint density at radius 2 is 1.67 bits per heavy atom. The molecule has 1 saturated heterocycles. The Hall–Kier alpha value is 0.749. The van der Waals surface area contributed by atoms with E-state index < -0.39 is 42.7 Å². The average molecular weight is 557 g/mol. The van der Waals surface area contributed by atoms with Gasteiger partial charge in [0.15, 0.2) is 1.43 Å². The molecule has 1 rings (SSSR count). The predicted molar refractivity (Wildman–Crippen MR) is 143 cm³/mol. The molecule has 0 aliphatic carbocycles. The van der Waals surface area contributed by atoms with Crippen LogP contribution in [0.2, 0.25) is 51.9 Å². The van der Waals surface area contributed by atoms with E-state index in [1.54, 1.807) is 0 Å². The quantitative estimate of drug-likeness (QED) is 0.145. The van der Waals surface area contributed by atoms with Crippen LogP contribution < -0.4 is 11.1 Å². The summed E-state index contributed by atoms with van der Waals surface area (Å²) >= 11 is 0. The van der Waals surface area contributed by atoms with Crippen LogP contribution in [0.3, 0.4) is 0 Å². The number of ether oxygens (including phenoxy) is 1. The smallest absolute Gasteiger partial charge is 0.424 e. The zero-order valence-electron chi connectivity index (χ0n) is 22.6. The van der Waals surface area contributed by atoms with E-state index in [9.17, 15) is 4.80 Å². The normalized spacial score (nSPS) is 20.8. The van der Waals surface area contributed by atoms with Crippen molar-refractivity contribution in [3.63, 3.8) is 0 Å². The van der Waals surface area contributed by atoms with Crippen molar-refractivity contribution in [2.24, 2.45) is 5.73 Å². The summed E-state index contributed by atoms with van der Waals surface area (Å²) in [6, 6.07) is 0.686. The van der Waals surface area contributed by atoms with E-state index >= 15 is 0 Å². The lowest BCUT2D eigenvalue weighted by Gasteiger charge is -2.43. The SMILES string of the molecule is [2H]O[Si](C)(C)O[Si](C)(CCCNCCN)O[Si](C)(C)O[Si](O)(CN1CCOCC1)O[Si]([B])(C)C. The molecule has 194 valence electrons. The molecule has 16 heteroatoms. The van der Waals surface area contributed by atoms with Crippen LogP contribution in [0.25, 0.3) is 0 Å². The van der Waals surface area contributed by atoms with Gasteiger partial charge in [-0.25, -0.2) is 0 Å². The molecule has 0 aromatic heterocycles. The van der Waals surface area contributed by atoms with Crippen LogP contribution in [-0.2, 0) is 21.2 Å². The number of nitrogens with two attached hydrogens (primary N) is 1. The molecule has 0 aromatic rings. The van der Waals surface area contributed by atoms with Gasteiger partial charge in [-0.05, 0) is 51.7 Å². The Kier molecular flexibility index (Phi) is 12.1. The minimum atomic E-state index is -3.70. The molecule has 1 heterocycles. The van der Waals surface area contributed by atoms with E-state index in [2.05, 4.69) is 10.2 Å². The fourth-order valence-corrected chi connectivity index (χ4v) is 23.2.